The van der Waals surface area contributed by atoms with Gasteiger partial charge in [-0.1, -0.05) is 13.3 Å². The quantitative estimate of drug-likeness (QED) is 0.604. The number of hydrogen-bond acceptors (Lipinski definition) is 1. The van der Waals surface area contributed by atoms with Crippen LogP contribution >= 0.6 is 0 Å². The number of hydrogen-bond donors (Lipinski definition) is 0. The molecule has 0 aromatic rings. The second-order valence-electron chi connectivity index (χ2n) is 3.57. The second-order valence-corrected chi connectivity index (χ2v) is 3.57. The molecule has 0 fully saturated rings. The molecule has 2 atom stereocenters. The van der Waals surface area contributed by atoms with Crippen LogP contribution in [0.4, 0.5) is 35.1 Å². The van der Waals surface area contributed by atoms with Crippen LogP contribution in [-0.4, -0.2) is 31.0 Å². The van der Waals surface area contributed by atoms with Gasteiger partial charge in [0.1, 0.15) is 0 Å². The van der Waals surface area contributed by atoms with E-state index in [9.17, 15) is 35.1 Å². The lowest BCUT2D eigenvalue weighted by molar-refractivity contribution is -0.385. The molecule has 0 aliphatic heterocycles. The summed E-state index contributed by atoms with van der Waals surface area (Å²) in [6.45, 7) is 1.45. The minimum Gasteiger partial charge on any atom is -0.277 e. The maximum absolute atomic E-state index is 12.9. The Morgan fingerprint density at radius 3 is 1.89 bits per heavy atom. The van der Waals surface area contributed by atoms with Crippen LogP contribution < -0.4 is 0 Å². The zero-order valence-electron chi connectivity index (χ0n) is 9.29. The Kier molecular flexibility index (Phi) is 6.32. The summed E-state index contributed by atoms with van der Waals surface area (Å²) in [5, 5.41) is 0. The van der Waals surface area contributed by atoms with Gasteiger partial charge in [-0.25, -0.2) is 17.6 Å². The van der Waals surface area contributed by atoms with Gasteiger partial charge in [0.25, 0.3) is 6.43 Å². The Morgan fingerprint density at radius 2 is 1.50 bits per heavy atom. The lowest BCUT2D eigenvalue weighted by Crippen LogP contribution is -2.46. The van der Waals surface area contributed by atoms with E-state index in [0.717, 1.165) is 0 Å². The van der Waals surface area contributed by atoms with Crippen molar-refractivity contribution in [2.45, 2.75) is 57.2 Å². The minimum absolute atomic E-state index is 0.160. The fourth-order valence-corrected chi connectivity index (χ4v) is 0.951. The molecule has 0 amide bonds. The molecule has 0 aromatic heterocycles. The van der Waals surface area contributed by atoms with Crippen molar-refractivity contribution < 1.29 is 39.9 Å². The van der Waals surface area contributed by atoms with Crippen molar-refractivity contribution in [2.75, 3.05) is 0 Å². The molecule has 0 aliphatic rings. The van der Waals surface area contributed by atoms with Crippen LogP contribution in [0, 0.1) is 0 Å². The molecule has 2 unspecified atom stereocenters. The molecule has 0 aromatic carbocycles. The Labute approximate surface area is 98.1 Å². The molecule has 0 spiro atoms. The van der Waals surface area contributed by atoms with Crippen molar-refractivity contribution in [1.29, 1.82) is 0 Å². The fraction of sp³-hybridized carbons (Fsp3) is 1.00. The summed E-state index contributed by atoms with van der Waals surface area (Å²) in [6, 6.07) is 0. The predicted octanol–water partition coefficient (Wildman–Crippen LogP) is 4.32. The Balaban J connectivity index is 4.62. The maximum atomic E-state index is 12.9. The predicted molar refractivity (Wildman–Crippen MR) is 46.3 cm³/mol. The van der Waals surface area contributed by atoms with E-state index in [4.69, 9.17) is 0 Å². The fourth-order valence-electron chi connectivity index (χ4n) is 0.951. The molecule has 0 heterocycles. The molecular weight excluding hydrogens is 276 g/mol. The topological polar surface area (TPSA) is 9.23 Å². The molecule has 0 aliphatic carbocycles. The normalized spacial score (nSPS) is 17.0. The average Bonchev–Trinajstić information content (AvgIpc) is 2.24. The zero-order valence-corrected chi connectivity index (χ0v) is 9.29. The van der Waals surface area contributed by atoms with Gasteiger partial charge in [-0.15, -0.1) is 0 Å². The third kappa shape index (κ3) is 4.58. The van der Waals surface area contributed by atoms with Gasteiger partial charge in [-0.05, 0) is 6.42 Å². The van der Waals surface area contributed by atoms with Gasteiger partial charge >= 0.3 is 12.0 Å². The van der Waals surface area contributed by atoms with Gasteiger partial charge in [0.05, 0.1) is 0 Å². The summed E-state index contributed by atoms with van der Waals surface area (Å²) in [7, 11) is 0. The molecule has 0 rings (SSSR count). The highest BCUT2D eigenvalue weighted by molar-refractivity contribution is 4.78. The van der Waals surface area contributed by atoms with E-state index in [0.29, 0.717) is 0 Å². The molecule has 0 saturated carbocycles. The van der Waals surface area contributed by atoms with Gasteiger partial charge < -0.3 is 0 Å². The Bertz CT molecular complexity index is 245. The van der Waals surface area contributed by atoms with Crippen LogP contribution in [0.2, 0.25) is 0 Å². The number of alkyl halides is 8. The molecule has 110 valence electrons. The molecule has 0 saturated heterocycles. The number of unbranched alkanes of at least 4 members (excludes halogenated alkanes) is 1. The summed E-state index contributed by atoms with van der Waals surface area (Å²) in [6.07, 6.45) is -18.3. The monoisotopic (exact) mass is 288 g/mol. The second kappa shape index (κ2) is 6.53. The first-order valence-corrected chi connectivity index (χ1v) is 5.05. The lowest BCUT2D eigenvalue weighted by Gasteiger charge is -2.28. The standard InChI is InChI=1S/C9H12F8O/c1-2-3-4-8(14,15)9(16,17)18-7(13)5(10)6(11)12/h5-7H,2-4H2,1H3. The van der Waals surface area contributed by atoms with Gasteiger partial charge in [0.2, 0.25) is 12.5 Å². The van der Waals surface area contributed by atoms with Crippen LogP contribution in [-0.2, 0) is 4.74 Å². The van der Waals surface area contributed by atoms with E-state index in [1.54, 1.807) is 0 Å². The maximum Gasteiger partial charge on any atom is 0.421 e. The Morgan fingerprint density at radius 1 is 1.00 bits per heavy atom. The largest absolute Gasteiger partial charge is 0.421 e. The summed E-state index contributed by atoms with van der Waals surface area (Å²) in [5.74, 6) is -4.75. The van der Waals surface area contributed by atoms with Crippen LogP contribution in [0.15, 0.2) is 0 Å². The number of ether oxygens (including phenoxy) is 1. The van der Waals surface area contributed by atoms with E-state index in [2.05, 4.69) is 4.74 Å². The first-order valence-electron chi connectivity index (χ1n) is 5.05. The number of rotatable bonds is 8. The lowest BCUT2D eigenvalue weighted by atomic mass is 10.1. The van der Waals surface area contributed by atoms with Crippen molar-refractivity contribution >= 4 is 0 Å². The molecular formula is C9H12F8O. The molecule has 0 bridgehead atoms. The van der Waals surface area contributed by atoms with Gasteiger partial charge in [-0.2, -0.15) is 17.6 Å². The first-order chi connectivity index (χ1) is 8.05. The van der Waals surface area contributed by atoms with E-state index in [1.807, 2.05) is 0 Å². The van der Waals surface area contributed by atoms with Crippen molar-refractivity contribution in [3.05, 3.63) is 0 Å². The molecule has 0 radical (unpaired) electrons. The summed E-state index contributed by atoms with van der Waals surface area (Å²) in [4.78, 5) is 0. The SMILES string of the molecule is CCCCC(F)(F)C(F)(F)OC(F)C(F)C(F)F. The van der Waals surface area contributed by atoms with Crippen molar-refractivity contribution in [3.63, 3.8) is 0 Å². The highest BCUT2D eigenvalue weighted by atomic mass is 19.3. The average molecular weight is 288 g/mol. The van der Waals surface area contributed by atoms with Crippen LogP contribution in [0.25, 0.3) is 0 Å². The van der Waals surface area contributed by atoms with Crippen LogP contribution in [0.3, 0.4) is 0 Å². The molecule has 1 nitrogen and oxygen atoms in total. The van der Waals surface area contributed by atoms with E-state index in [1.165, 1.54) is 6.92 Å². The highest BCUT2D eigenvalue weighted by Crippen LogP contribution is 2.40. The highest BCUT2D eigenvalue weighted by Gasteiger charge is 2.59. The summed E-state index contributed by atoms with van der Waals surface area (Å²) < 4.78 is 102. The van der Waals surface area contributed by atoms with Gasteiger partial charge in [0, 0.05) is 6.42 Å². The van der Waals surface area contributed by atoms with E-state index < -0.39 is 37.4 Å². The van der Waals surface area contributed by atoms with E-state index >= 15 is 0 Å². The van der Waals surface area contributed by atoms with Crippen LogP contribution in [0.1, 0.15) is 26.2 Å². The van der Waals surface area contributed by atoms with Crippen molar-refractivity contribution in [3.8, 4) is 0 Å². The smallest absolute Gasteiger partial charge is 0.277 e. The summed E-state index contributed by atoms with van der Waals surface area (Å²) >= 11 is 0. The number of halogens is 8. The molecule has 0 N–H and O–H groups in total. The van der Waals surface area contributed by atoms with Crippen molar-refractivity contribution in [2.24, 2.45) is 0 Å². The van der Waals surface area contributed by atoms with Gasteiger partial charge in [-0.3, -0.25) is 4.74 Å². The third-order valence-electron chi connectivity index (χ3n) is 2.02. The minimum atomic E-state index is -5.35. The third-order valence-corrected chi connectivity index (χ3v) is 2.02. The Hall–Kier alpha value is -0.600. The van der Waals surface area contributed by atoms with Gasteiger partial charge in [0.15, 0.2) is 0 Å². The molecule has 9 heteroatoms. The first kappa shape index (κ1) is 17.4. The van der Waals surface area contributed by atoms with Crippen LogP contribution in [0.5, 0.6) is 0 Å². The molecule has 18 heavy (non-hydrogen) atoms. The van der Waals surface area contributed by atoms with E-state index in [-0.39, 0.29) is 12.8 Å². The zero-order chi connectivity index (χ0) is 14.6. The summed E-state index contributed by atoms with van der Waals surface area (Å²) in [5.41, 5.74) is 0. The van der Waals surface area contributed by atoms with Crippen molar-refractivity contribution in [1.82, 2.24) is 0 Å².